The van der Waals surface area contributed by atoms with Gasteiger partial charge in [-0.25, -0.2) is 0 Å². The van der Waals surface area contributed by atoms with Gasteiger partial charge in [0.25, 0.3) is 0 Å². The third-order valence-corrected chi connectivity index (χ3v) is 5.98. The molecule has 28 heavy (non-hydrogen) atoms. The molecule has 0 saturated heterocycles. The molecule has 0 unspecified atom stereocenters. The minimum Gasteiger partial charge on any atom is -0.493 e. The highest BCUT2D eigenvalue weighted by atomic mass is 79.9. The monoisotopic (exact) mass is 451 g/mol. The highest BCUT2D eigenvalue weighted by Crippen LogP contribution is 2.45. The molecule has 152 valence electrons. The van der Waals surface area contributed by atoms with Crippen molar-refractivity contribution in [3.05, 3.63) is 45.4 Å². The molecular formula is C21H26BrNO5. The number of nitrogens with zero attached hydrogens (tertiary/aromatic N) is 1. The quantitative estimate of drug-likeness (QED) is 0.721. The van der Waals surface area contributed by atoms with Crippen molar-refractivity contribution in [2.45, 2.75) is 18.6 Å². The summed E-state index contributed by atoms with van der Waals surface area (Å²) >= 11 is 3.57. The summed E-state index contributed by atoms with van der Waals surface area (Å²) in [6, 6.07) is 7.36. The third kappa shape index (κ3) is 3.66. The Morgan fingerprint density at radius 2 is 1.46 bits per heavy atom. The van der Waals surface area contributed by atoms with Crippen LogP contribution < -0.4 is 18.9 Å². The molecule has 1 aliphatic rings. The predicted molar refractivity (Wildman–Crippen MR) is 111 cm³/mol. The number of methoxy groups -OCH3 is 4. The molecule has 2 aromatic rings. The van der Waals surface area contributed by atoms with Crippen molar-refractivity contribution < 1.29 is 24.1 Å². The molecule has 2 aromatic carbocycles. The number of fused-ring (bicyclic) bond motifs is 1. The smallest absolute Gasteiger partial charge is 0.161 e. The molecule has 1 heterocycles. The molecule has 0 spiro atoms. The SMILES string of the molecule is COc1cc(Br)c([C@H](O)[C@H]2c3cc(OC)c(OC)cc3CCN2C)cc1OC. The van der Waals surface area contributed by atoms with Crippen LogP contribution in [0.3, 0.4) is 0 Å². The molecule has 0 fully saturated rings. The van der Waals surface area contributed by atoms with E-state index in [0.29, 0.717) is 23.0 Å². The zero-order chi connectivity index (χ0) is 20.4. The standard InChI is InChI=1S/C21H26BrNO5/c1-23-7-6-12-8-16(25-2)17(26-3)9-13(12)20(23)21(24)14-10-18(27-4)19(28-5)11-15(14)22/h8-11,20-21,24H,6-7H2,1-5H3/t20-,21+/m1/s1. The van der Waals surface area contributed by atoms with E-state index in [1.807, 2.05) is 31.3 Å². The molecule has 0 radical (unpaired) electrons. The second kappa shape index (κ2) is 8.59. The predicted octanol–water partition coefficient (Wildman–Crippen LogP) is 3.75. The van der Waals surface area contributed by atoms with Crippen LogP contribution in [0.5, 0.6) is 23.0 Å². The number of benzene rings is 2. The molecule has 1 aliphatic heterocycles. The van der Waals surface area contributed by atoms with E-state index in [4.69, 9.17) is 18.9 Å². The van der Waals surface area contributed by atoms with Gasteiger partial charge in [0.15, 0.2) is 23.0 Å². The van der Waals surface area contributed by atoms with E-state index < -0.39 is 6.10 Å². The van der Waals surface area contributed by atoms with E-state index in [0.717, 1.165) is 34.1 Å². The average molecular weight is 452 g/mol. The van der Waals surface area contributed by atoms with Crippen LogP contribution in [-0.2, 0) is 6.42 Å². The zero-order valence-electron chi connectivity index (χ0n) is 16.8. The van der Waals surface area contributed by atoms with Crippen LogP contribution in [0, 0.1) is 0 Å². The van der Waals surface area contributed by atoms with Gasteiger partial charge in [0.2, 0.25) is 0 Å². The maximum atomic E-state index is 11.4. The lowest BCUT2D eigenvalue weighted by molar-refractivity contribution is 0.0551. The van der Waals surface area contributed by atoms with Crippen LogP contribution in [0.15, 0.2) is 28.7 Å². The second-order valence-electron chi connectivity index (χ2n) is 6.75. The molecule has 0 amide bonds. The number of rotatable bonds is 6. The van der Waals surface area contributed by atoms with Crippen molar-refractivity contribution in [1.29, 1.82) is 0 Å². The number of hydrogen-bond donors (Lipinski definition) is 1. The zero-order valence-corrected chi connectivity index (χ0v) is 18.4. The fraction of sp³-hybridized carbons (Fsp3) is 0.429. The largest absolute Gasteiger partial charge is 0.493 e. The van der Waals surface area contributed by atoms with Crippen LogP contribution in [0.2, 0.25) is 0 Å². The molecule has 2 atom stereocenters. The van der Waals surface area contributed by atoms with Gasteiger partial charge < -0.3 is 24.1 Å². The summed E-state index contributed by atoms with van der Waals surface area (Å²) in [7, 11) is 8.44. The van der Waals surface area contributed by atoms with Gasteiger partial charge in [-0.3, -0.25) is 4.90 Å². The Bertz CT molecular complexity index is 857. The van der Waals surface area contributed by atoms with Gasteiger partial charge in [-0.2, -0.15) is 0 Å². The van der Waals surface area contributed by atoms with Gasteiger partial charge in [-0.15, -0.1) is 0 Å². The maximum absolute atomic E-state index is 11.4. The highest BCUT2D eigenvalue weighted by molar-refractivity contribution is 9.10. The molecule has 0 bridgehead atoms. The lowest BCUT2D eigenvalue weighted by Crippen LogP contribution is -2.36. The first kappa shape index (κ1) is 20.8. The molecule has 0 aliphatic carbocycles. The summed E-state index contributed by atoms with van der Waals surface area (Å²) in [6.45, 7) is 0.828. The van der Waals surface area contributed by atoms with Crippen molar-refractivity contribution in [3.8, 4) is 23.0 Å². The fourth-order valence-electron chi connectivity index (χ4n) is 3.78. The van der Waals surface area contributed by atoms with Crippen LogP contribution in [-0.4, -0.2) is 52.0 Å². The number of aliphatic hydroxyl groups excluding tert-OH is 1. The molecule has 0 saturated carbocycles. The number of hydrogen-bond acceptors (Lipinski definition) is 6. The lowest BCUT2D eigenvalue weighted by atomic mass is 9.86. The summed E-state index contributed by atoms with van der Waals surface area (Å²) in [6.07, 6.45) is 0.0963. The van der Waals surface area contributed by atoms with Gasteiger partial charge in [-0.05, 0) is 48.9 Å². The molecule has 6 nitrogen and oxygen atoms in total. The Labute approximate surface area is 174 Å². The fourth-order valence-corrected chi connectivity index (χ4v) is 4.34. The Hall–Kier alpha value is -1.96. The summed E-state index contributed by atoms with van der Waals surface area (Å²) in [5, 5.41) is 11.4. The van der Waals surface area contributed by atoms with Crippen LogP contribution in [0.25, 0.3) is 0 Å². The summed E-state index contributed by atoms with van der Waals surface area (Å²) in [5.41, 5.74) is 2.91. The van der Waals surface area contributed by atoms with Gasteiger partial charge >= 0.3 is 0 Å². The van der Waals surface area contributed by atoms with Gasteiger partial charge in [0.05, 0.1) is 40.6 Å². The van der Waals surface area contributed by atoms with Gasteiger partial charge in [0.1, 0.15) is 0 Å². The van der Waals surface area contributed by atoms with Crippen molar-refractivity contribution >= 4 is 15.9 Å². The van der Waals surface area contributed by atoms with Crippen molar-refractivity contribution in [1.82, 2.24) is 4.90 Å². The van der Waals surface area contributed by atoms with Crippen molar-refractivity contribution in [3.63, 3.8) is 0 Å². The molecular weight excluding hydrogens is 426 g/mol. The average Bonchev–Trinajstić information content (AvgIpc) is 2.71. The summed E-state index contributed by atoms with van der Waals surface area (Å²) in [5.74, 6) is 2.53. The number of ether oxygens (including phenoxy) is 4. The third-order valence-electron chi connectivity index (χ3n) is 5.29. The van der Waals surface area contributed by atoms with Crippen LogP contribution in [0.4, 0.5) is 0 Å². The maximum Gasteiger partial charge on any atom is 0.161 e. The number of likely N-dealkylation sites (N-methyl/N-ethyl adjacent to an activating group) is 1. The van der Waals surface area contributed by atoms with Gasteiger partial charge in [-0.1, -0.05) is 15.9 Å². The van der Waals surface area contributed by atoms with E-state index in [2.05, 4.69) is 20.8 Å². The topological polar surface area (TPSA) is 60.4 Å². The van der Waals surface area contributed by atoms with E-state index in [-0.39, 0.29) is 6.04 Å². The first-order valence-corrected chi connectivity index (χ1v) is 9.78. The summed E-state index contributed by atoms with van der Waals surface area (Å²) in [4.78, 5) is 2.15. The number of aliphatic hydroxyl groups is 1. The van der Waals surface area contributed by atoms with Crippen molar-refractivity contribution in [2.75, 3.05) is 42.0 Å². The van der Waals surface area contributed by atoms with Crippen molar-refractivity contribution in [2.24, 2.45) is 0 Å². The van der Waals surface area contributed by atoms with Crippen LogP contribution >= 0.6 is 15.9 Å². The Morgan fingerprint density at radius 1 is 0.929 bits per heavy atom. The van der Waals surface area contributed by atoms with E-state index in [1.54, 1.807) is 28.4 Å². The molecule has 7 heteroatoms. The van der Waals surface area contributed by atoms with Gasteiger partial charge in [0, 0.05) is 16.6 Å². The highest BCUT2D eigenvalue weighted by Gasteiger charge is 2.34. The first-order chi connectivity index (χ1) is 13.4. The van der Waals surface area contributed by atoms with E-state index in [1.165, 1.54) is 0 Å². The normalized spacial score (nSPS) is 17.6. The second-order valence-corrected chi connectivity index (χ2v) is 7.61. The molecule has 3 rings (SSSR count). The minimum absolute atomic E-state index is 0.238. The summed E-state index contributed by atoms with van der Waals surface area (Å²) < 4.78 is 22.5. The minimum atomic E-state index is -0.781. The number of halogens is 1. The van der Waals surface area contributed by atoms with E-state index >= 15 is 0 Å². The molecule has 0 aromatic heterocycles. The lowest BCUT2D eigenvalue weighted by Gasteiger charge is -2.38. The Morgan fingerprint density at radius 3 is 2.07 bits per heavy atom. The Balaban J connectivity index is 2.09. The Kier molecular flexibility index (Phi) is 6.37. The van der Waals surface area contributed by atoms with E-state index in [9.17, 15) is 5.11 Å². The first-order valence-electron chi connectivity index (χ1n) is 8.99. The van der Waals surface area contributed by atoms with Crippen LogP contribution in [0.1, 0.15) is 28.8 Å². The molecule has 1 N–H and O–H groups in total.